The maximum absolute atomic E-state index is 12.0. The van der Waals surface area contributed by atoms with Crippen LogP contribution in [0.1, 0.15) is 17.7 Å². The average Bonchev–Trinajstić information content (AvgIpc) is 3.10. The summed E-state index contributed by atoms with van der Waals surface area (Å²) < 4.78 is 5.32. The van der Waals surface area contributed by atoms with Gasteiger partial charge in [0.05, 0.1) is 0 Å². The second kappa shape index (κ2) is 7.48. The minimum atomic E-state index is 0.141. The highest BCUT2D eigenvalue weighted by Gasteiger charge is 2.40. The van der Waals surface area contributed by atoms with Gasteiger partial charge in [0.1, 0.15) is 18.8 Å². The number of carbonyl (C=O) groups is 1. The van der Waals surface area contributed by atoms with Gasteiger partial charge in [-0.25, -0.2) is 9.97 Å². The molecule has 4 rings (SSSR count). The highest BCUT2D eigenvalue weighted by molar-refractivity contribution is 5.77. The van der Waals surface area contributed by atoms with E-state index in [-0.39, 0.29) is 12.5 Å². The van der Waals surface area contributed by atoms with Gasteiger partial charge in [0.25, 0.3) is 0 Å². The van der Waals surface area contributed by atoms with Gasteiger partial charge in [-0.3, -0.25) is 4.79 Å². The maximum atomic E-state index is 12.0. The number of aryl methyl sites for hydroxylation is 1. The van der Waals surface area contributed by atoms with Crippen molar-refractivity contribution in [2.75, 3.05) is 63.9 Å². The molecule has 7 heteroatoms. The Bertz CT molecular complexity index is 653. The van der Waals surface area contributed by atoms with Crippen LogP contribution in [0.4, 0.5) is 5.82 Å². The number of nitrogens with zero attached hydrogens (tertiary/aromatic N) is 5. The fourth-order valence-electron chi connectivity index (χ4n) is 4.52. The topological polar surface area (TPSA) is 61.8 Å². The Morgan fingerprint density at radius 3 is 2.65 bits per heavy atom. The molecule has 4 heterocycles. The SMILES string of the molecule is Cc1ncnc(N2CC3CN(CCN4CCCOCC4=O)CC3C2)c1C. The van der Waals surface area contributed by atoms with Gasteiger partial charge in [0.2, 0.25) is 5.91 Å². The largest absolute Gasteiger partial charge is 0.372 e. The summed E-state index contributed by atoms with van der Waals surface area (Å²) in [7, 11) is 0. The summed E-state index contributed by atoms with van der Waals surface area (Å²) >= 11 is 0. The van der Waals surface area contributed by atoms with Crippen LogP contribution in [-0.4, -0.2) is 84.7 Å². The first-order valence-corrected chi connectivity index (χ1v) is 9.73. The number of carbonyl (C=O) groups excluding carboxylic acids is 1. The molecule has 3 aliphatic heterocycles. The Morgan fingerprint density at radius 2 is 1.88 bits per heavy atom. The lowest BCUT2D eigenvalue weighted by atomic mass is 10.0. The summed E-state index contributed by atoms with van der Waals surface area (Å²) in [5, 5.41) is 0. The highest BCUT2D eigenvalue weighted by Crippen LogP contribution is 2.34. The molecule has 3 fully saturated rings. The number of amides is 1. The van der Waals surface area contributed by atoms with Crippen molar-refractivity contribution < 1.29 is 9.53 Å². The molecule has 1 aromatic heterocycles. The fraction of sp³-hybridized carbons (Fsp3) is 0.737. The van der Waals surface area contributed by atoms with Crippen molar-refractivity contribution in [3.63, 3.8) is 0 Å². The van der Waals surface area contributed by atoms with Gasteiger partial charge in [0.15, 0.2) is 0 Å². The van der Waals surface area contributed by atoms with Crippen LogP contribution in [0.5, 0.6) is 0 Å². The van der Waals surface area contributed by atoms with E-state index in [9.17, 15) is 4.79 Å². The van der Waals surface area contributed by atoms with Crippen LogP contribution in [0, 0.1) is 25.7 Å². The van der Waals surface area contributed by atoms with E-state index < -0.39 is 0 Å². The number of hydrogen-bond acceptors (Lipinski definition) is 6. The van der Waals surface area contributed by atoms with Crippen LogP contribution >= 0.6 is 0 Å². The van der Waals surface area contributed by atoms with Crippen LogP contribution in [0.25, 0.3) is 0 Å². The molecule has 0 bridgehead atoms. The summed E-state index contributed by atoms with van der Waals surface area (Å²) in [6.07, 6.45) is 2.63. The number of anilines is 1. The molecule has 0 saturated carbocycles. The standard InChI is InChI=1S/C19H29N5O2/c1-14-15(2)20-13-21-19(14)24-10-16-8-22(9-17(16)11-24)5-6-23-4-3-7-26-12-18(23)25/h13,16-17H,3-12H2,1-2H3. The highest BCUT2D eigenvalue weighted by atomic mass is 16.5. The summed E-state index contributed by atoms with van der Waals surface area (Å²) in [4.78, 5) is 27.8. The molecular formula is C19H29N5O2. The molecular weight excluding hydrogens is 330 g/mol. The van der Waals surface area contributed by atoms with E-state index in [0.717, 1.165) is 63.7 Å². The first kappa shape index (κ1) is 17.7. The zero-order valence-electron chi connectivity index (χ0n) is 15.9. The van der Waals surface area contributed by atoms with Gasteiger partial charge in [-0.1, -0.05) is 0 Å². The normalized spacial score (nSPS) is 27.1. The average molecular weight is 359 g/mol. The molecule has 1 amide bonds. The molecule has 1 aromatic rings. The Labute approximate surface area is 155 Å². The minimum Gasteiger partial charge on any atom is -0.372 e. The van der Waals surface area contributed by atoms with Crippen molar-refractivity contribution in [1.82, 2.24) is 19.8 Å². The lowest BCUT2D eigenvalue weighted by Crippen LogP contribution is -2.40. The van der Waals surface area contributed by atoms with Crippen molar-refractivity contribution >= 4 is 11.7 Å². The molecule has 0 aromatic carbocycles. The van der Waals surface area contributed by atoms with E-state index in [0.29, 0.717) is 18.4 Å². The van der Waals surface area contributed by atoms with Crippen LogP contribution < -0.4 is 4.90 Å². The quantitative estimate of drug-likeness (QED) is 0.789. The summed E-state index contributed by atoms with van der Waals surface area (Å²) in [5.41, 5.74) is 2.27. The molecule has 142 valence electrons. The van der Waals surface area contributed by atoms with Crippen LogP contribution in [-0.2, 0) is 9.53 Å². The van der Waals surface area contributed by atoms with E-state index in [1.54, 1.807) is 6.33 Å². The lowest BCUT2D eigenvalue weighted by molar-refractivity contribution is -0.134. The van der Waals surface area contributed by atoms with Crippen molar-refractivity contribution in [3.8, 4) is 0 Å². The molecule has 7 nitrogen and oxygen atoms in total. The number of rotatable bonds is 4. The molecule has 0 N–H and O–H groups in total. The predicted octanol–water partition coefficient (Wildman–Crippen LogP) is 0.710. The third-order valence-electron chi connectivity index (χ3n) is 6.15. The Kier molecular flexibility index (Phi) is 5.09. The monoisotopic (exact) mass is 359 g/mol. The smallest absolute Gasteiger partial charge is 0.248 e. The molecule has 26 heavy (non-hydrogen) atoms. The zero-order valence-corrected chi connectivity index (χ0v) is 15.9. The number of likely N-dealkylation sites (tertiary alicyclic amines) is 1. The van der Waals surface area contributed by atoms with Gasteiger partial charge in [-0.15, -0.1) is 0 Å². The molecule has 2 atom stereocenters. The van der Waals surface area contributed by atoms with Crippen molar-refractivity contribution in [2.24, 2.45) is 11.8 Å². The molecule has 0 radical (unpaired) electrons. The van der Waals surface area contributed by atoms with Gasteiger partial charge in [-0.05, 0) is 32.1 Å². The fourth-order valence-corrected chi connectivity index (χ4v) is 4.52. The van der Waals surface area contributed by atoms with E-state index in [4.69, 9.17) is 4.74 Å². The third-order valence-corrected chi connectivity index (χ3v) is 6.15. The van der Waals surface area contributed by atoms with Crippen molar-refractivity contribution in [1.29, 1.82) is 0 Å². The van der Waals surface area contributed by atoms with Gasteiger partial charge < -0.3 is 19.4 Å². The lowest BCUT2D eigenvalue weighted by Gasteiger charge is -2.26. The Hall–Kier alpha value is -1.73. The molecule has 0 aliphatic carbocycles. The van der Waals surface area contributed by atoms with E-state index in [2.05, 4.69) is 26.7 Å². The van der Waals surface area contributed by atoms with Gasteiger partial charge in [0, 0.05) is 63.7 Å². The van der Waals surface area contributed by atoms with E-state index in [1.807, 2.05) is 11.8 Å². The van der Waals surface area contributed by atoms with Crippen LogP contribution in [0.15, 0.2) is 6.33 Å². The third kappa shape index (κ3) is 3.55. The number of fused-ring (bicyclic) bond motifs is 1. The van der Waals surface area contributed by atoms with Gasteiger partial charge >= 0.3 is 0 Å². The Balaban J connectivity index is 1.29. The van der Waals surface area contributed by atoms with Gasteiger partial charge in [-0.2, -0.15) is 0 Å². The first-order chi connectivity index (χ1) is 12.6. The minimum absolute atomic E-state index is 0.141. The summed E-state index contributed by atoms with van der Waals surface area (Å²) in [5.74, 6) is 2.65. The van der Waals surface area contributed by atoms with Crippen LogP contribution in [0.2, 0.25) is 0 Å². The first-order valence-electron chi connectivity index (χ1n) is 9.73. The number of aromatic nitrogens is 2. The zero-order chi connectivity index (χ0) is 18.1. The summed E-state index contributed by atoms with van der Waals surface area (Å²) in [6.45, 7) is 12.2. The number of hydrogen-bond donors (Lipinski definition) is 0. The predicted molar refractivity (Wildman–Crippen MR) is 99.2 cm³/mol. The maximum Gasteiger partial charge on any atom is 0.248 e. The molecule has 3 aliphatic rings. The van der Waals surface area contributed by atoms with Crippen molar-refractivity contribution in [3.05, 3.63) is 17.6 Å². The van der Waals surface area contributed by atoms with Crippen molar-refractivity contribution in [2.45, 2.75) is 20.3 Å². The second-order valence-corrected chi connectivity index (χ2v) is 7.88. The molecule has 0 spiro atoms. The van der Waals surface area contributed by atoms with Crippen LogP contribution in [0.3, 0.4) is 0 Å². The summed E-state index contributed by atoms with van der Waals surface area (Å²) in [6, 6.07) is 0. The second-order valence-electron chi connectivity index (χ2n) is 7.88. The Morgan fingerprint density at radius 1 is 1.12 bits per heavy atom. The molecule has 2 unspecified atom stereocenters. The number of ether oxygens (including phenoxy) is 1. The van der Waals surface area contributed by atoms with E-state index in [1.165, 1.54) is 5.56 Å². The molecule has 3 saturated heterocycles. The van der Waals surface area contributed by atoms with E-state index >= 15 is 0 Å².